The van der Waals surface area contributed by atoms with Crippen molar-refractivity contribution in [1.29, 1.82) is 0 Å². The van der Waals surface area contributed by atoms with Crippen LogP contribution in [-0.2, 0) is 9.59 Å². The summed E-state index contributed by atoms with van der Waals surface area (Å²) in [4.78, 5) is 23.9. The first-order valence-electron chi connectivity index (χ1n) is 7.83. The lowest BCUT2D eigenvalue weighted by Gasteiger charge is -2.15. The van der Waals surface area contributed by atoms with Crippen molar-refractivity contribution in [3.63, 3.8) is 0 Å². The van der Waals surface area contributed by atoms with E-state index in [0.717, 1.165) is 11.4 Å². The summed E-state index contributed by atoms with van der Waals surface area (Å²) in [6.45, 7) is 5.47. The highest BCUT2D eigenvalue weighted by Crippen LogP contribution is 2.19. The molecule has 1 aromatic heterocycles. The van der Waals surface area contributed by atoms with E-state index in [-0.39, 0.29) is 24.3 Å². The Morgan fingerprint density at radius 1 is 1.25 bits per heavy atom. The number of nitrogens with zero attached hydrogens (tertiary/aromatic N) is 2. The van der Waals surface area contributed by atoms with Crippen molar-refractivity contribution >= 4 is 17.5 Å². The Morgan fingerprint density at radius 3 is 2.58 bits per heavy atom. The highest BCUT2D eigenvalue weighted by molar-refractivity contribution is 5.96. The summed E-state index contributed by atoms with van der Waals surface area (Å²) in [6, 6.07) is 8.58. The lowest BCUT2D eigenvalue weighted by molar-refractivity contribution is -0.125. The maximum atomic E-state index is 12.1. The number of rotatable bonds is 6. The Kier molecular flexibility index (Phi) is 5.70. The molecule has 128 valence electrons. The number of carbonyl (C=O) groups excluding carboxylic acids is 2. The second kappa shape index (κ2) is 7.74. The Morgan fingerprint density at radius 2 is 1.96 bits per heavy atom. The number of nitrogens with two attached hydrogens (primary N) is 1. The highest BCUT2D eigenvalue weighted by Gasteiger charge is 2.18. The zero-order valence-corrected chi connectivity index (χ0v) is 14.1. The van der Waals surface area contributed by atoms with E-state index in [9.17, 15) is 9.59 Å². The van der Waals surface area contributed by atoms with Gasteiger partial charge in [0.2, 0.25) is 11.8 Å². The normalized spacial score (nSPS) is 12.0. The molecule has 0 unspecified atom stereocenters. The minimum Gasteiger partial charge on any atom is -0.346 e. The van der Waals surface area contributed by atoms with Crippen molar-refractivity contribution < 1.29 is 9.59 Å². The second-order valence-corrected chi connectivity index (χ2v) is 5.95. The number of aryl methyl sites for hydroxylation is 1. The SMILES string of the molecule is Cc1ccn(-c2ccccc2NC(=O)CNC(=O)[C@@H](N)C(C)C)n1. The molecule has 0 aliphatic heterocycles. The molecule has 0 saturated carbocycles. The highest BCUT2D eigenvalue weighted by atomic mass is 16.2. The molecule has 2 aromatic rings. The van der Waals surface area contributed by atoms with Crippen molar-refractivity contribution in [3.8, 4) is 5.69 Å². The molecule has 24 heavy (non-hydrogen) atoms. The predicted molar refractivity (Wildman–Crippen MR) is 92.8 cm³/mol. The third-order valence-corrected chi connectivity index (χ3v) is 3.59. The molecule has 1 heterocycles. The van der Waals surface area contributed by atoms with Gasteiger partial charge in [0.1, 0.15) is 0 Å². The van der Waals surface area contributed by atoms with Crippen LogP contribution in [0.15, 0.2) is 36.5 Å². The first-order chi connectivity index (χ1) is 11.4. The number of para-hydroxylation sites is 2. The van der Waals surface area contributed by atoms with E-state index >= 15 is 0 Å². The zero-order valence-electron chi connectivity index (χ0n) is 14.1. The summed E-state index contributed by atoms with van der Waals surface area (Å²) in [5, 5.41) is 9.68. The van der Waals surface area contributed by atoms with Gasteiger partial charge in [0.25, 0.3) is 0 Å². The van der Waals surface area contributed by atoms with Crippen molar-refractivity contribution in [2.75, 3.05) is 11.9 Å². The minimum absolute atomic E-state index is 0.0110. The number of hydrogen-bond donors (Lipinski definition) is 3. The van der Waals surface area contributed by atoms with Crippen molar-refractivity contribution in [1.82, 2.24) is 15.1 Å². The van der Waals surface area contributed by atoms with Crippen LogP contribution in [-0.4, -0.2) is 34.2 Å². The number of nitrogens with one attached hydrogen (secondary N) is 2. The van der Waals surface area contributed by atoms with Gasteiger partial charge in [-0.2, -0.15) is 5.10 Å². The smallest absolute Gasteiger partial charge is 0.243 e. The fraction of sp³-hybridized carbons (Fsp3) is 0.353. The third-order valence-electron chi connectivity index (χ3n) is 3.59. The van der Waals surface area contributed by atoms with Crippen LogP contribution in [0.4, 0.5) is 5.69 Å². The van der Waals surface area contributed by atoms with E-state index in [0.29, 0.717) is 5.69 Å². The van der Waals surface area contributed by atoms with E-state index in [1.165, 1.54) is 0 Å². The Balaban J connectivity index is 2.01. The number of carbonyl (C=O) groups is 2. The number of benzene rings is 1. The molecule has 7 heteroatoms. The molecule has 2 amide bonds. The molecule has 2 rings (SSSR count). The van der Waals surface area contributed by atoms with Crippen molar-refractivity contribution in [3.05, 3.63) is 42.2 Å². The number of amides is 2. The summed E-state index contributed by atoms with van der Waals surface area (Å²) < 4.78 is 1.69. The summed E-state index contributed by atoms with van der Waals surface area (Å²) in [5.41, 5.74) is 8.00. The number of hydrogen-bond acceptors (Lipinski definition) is 4. The van der Waals surface area contributed by atoms with Gasteiger partial charge in [-0.1, -0.05) is 26.0 Å². The van der Waals surface area contributed by atoms with Crippen LogP contribution in [0.2, 0.25) is 0 Å². The summed E-state index contributed by atoms with van der Waals surface area (Å²) >= 11 is 0. The fourth-order valence-corrected chi connectivity index (χ4v) is 2.11. The lowest BCUT2D eigenvalue weighted by atomic mass is 10.1. The van der Waals surface area contributed by atoms with Gasteiger partial charge in [0, 0.05) is 6.20 Å². The first-order valence-corrected chi connectivity index (χ1v) is 7.83. The van der Waals surface area contributed by atoms with E-state index in [1.807, 2.05) is 51.2 Å². The Bertz CT molecular complexity index is 723. The van der Waals surface area contributed by atoms with Crippen LogP contribution >= 0.6 is 0 Å². The van der Waals surface area contributed by atoms with Crippen molar-refractivity contribution in [2.24, 2.45) is 11.7 Å². The van der Waals surface area contributed by atoms with Gasteiger partial charge in [-0.15, -0.1) is 0 Å². The molecule has 0 bridgehead atoms. The summed E-state index contributed by atoms with van der Waals surface area (Å²) in [5.74, 6) is -0.649. The minimum atomic E-state index is -0.628. The average molecular weight is 329 g/mol. The predicted octanol–water partition coefficient (Wildman–Crippen LogP) is 1.22. The topological polar surface area (TPSA) is 102 Å². The number of aromatic nitrogens is 2. The van der Waals surface area contributed by atoms with Crippen molar-refractivity contribution in [2.45, 2.75) is 26.8 Å². The second-order valence-electron chi connectivity index (χ2n) is 5.95. The van der Waals surface area contributed by atoms with Gasteiger partial charge < -0.3 is 16.4 Å². The van der Waals surface area contributed by atoms with Crippen LogP contribution in [0.5, 0.6) is 0 Å². The quantitative estimate of drug-likeness (QED) is 0.741. The van der Waals surface area contributed by atoms with Crippen LogP contribution < -0.4 is 16.4 Å². The molecule has 0 aliphatic carbocycles. The molecule has 1 atom stereocenters. The largest absolute Gasteiger partial charge is 0.346 e. The van der Waals surface area contributed by atoms with Crippen LogP contribution in [0.1, 0.15) is 19.5 Å². The third kappa shape index (κ3) is 4.42. The maximum Gasteiger partial charge on any atom is 0.243 e. The standard InChI is InChI=1S/C17H23N5O2/c1-11(2)16(18)17(24)19-10-15(23)20-13-6-4-5-7-14(13)22-9-8-12(3)21-22/h4-9,11,16H,10,18H2,1-3H3,(H,19,24)(H,20,23)/t16-/m0/s1. The molecular weight excluding hydrogens is 306 g/mol. The van der Waals surface area contributed by atoms with E-state index in [1.54, 1.807) is 10.7 Å². The molecule has 0 saturated heterocycles. The molecule has 0 spiro atoms. The first kappa shape index (κ1) is 17.7. The van der Waals surface area contributed by atoms with Crippen LogP contribution in [0.3, 0.4) is 0 Å². The fourth-order valence-electron chi connectivity index (χ4n) is 2.11. The molecule has 0 fully saturated rings. The van der Waals surface area contributed by atoms with Gasteiger partial charge in [0.15, 0.2) is 0 Å². The molecule has 7 nitrogen and oxygen atoms in total. The van der Waals surface area contributed by atoms with Gasteiger partial charge in [0.05, 0.1) is 29.7 Å². The summed E-state index contributed by atoms with van der Waals surface area (Å²) in [6.07, 6.45) is 1.82. The van der Waals surface area contributed by atoms with E-state index < -0.39 is 6.04 Å². The van der Waals surface area contributed by atoms with Gasteiger partial charge in [-0.25, -0.2) is 4.68 Å². The van der Waals surface area contributed by atoms with Crippen LogP contribution in [0, 0.1) is 12.8 Å². The molecule has 0 aliphatic rings. The van der Waals surface area contributed by atoms with Crippen LogP contribution in [0.25, 0.3) is 5.69 Å². The molecule has 4 N–H and O–H groups in total. The zero-order chi connectivity index (χ0) is 17.7. The van der Waals surface area contributed by atoms with Gasteiger partial charge >= 0.3 is 0 Å². The lowest BCUT2D eigenvalue weighted by Crippen LogP contribution is -2.46. The summed E-state index contributed by atoms with van der Waals surface area (Å²) in [7, 11) is 0. The number of anilines is 1. The van der Waals surface area contributed by atoms with Gasteiger partial charge in [-0.05, 0) is 31.0 Å². The van der Waals surface area contributed by atoms with E-state index in [2.05, 4.69) is 15.7 Å². The van der Waals surface area contributed by atoms with E-state index in [4.69, 9.17) is 5.73 Å². The monoisotopic (exact) mass is 329 g/mol. The Hall–Kier alpha value is -2.67. The maximum absolute atomic E-state index is 12.1. The van der Waals surface area contributed by atoms with Gasteiger partial charge in [-0.3, -0.25) is 9.59 Å². The average Bonchev–Trinajstić information content (AvgIpc) is 2.98. The molecule has 1 aromatic carbocycles. The molecular formula is C17H23N5O2. The Labute approximate surface area is 141 Å². The molecule has 0 radical (unpaired) electrons.